The number of nitrogens with zero attached hydrogens (tertiary/aromatic N) is 1. The zero-order valence-electron chi connectivity index (χ0n) is 10.2. The van der Waals surface area contributed by atoms with Crippen LogP contribution >= 0.6 is 0 Å². The van der Waals surface area contributed by atoms with Gasteiger partial charge in [-0.1, -0.05) is 20.3 Å². The van der Waals surface area contributed by atoms with Crippen LogP contribution < -0.4 is 5.32 Å². The number of urea groups is 1. The topological polar surface area (TPSA) is 89.9 Å². The molecule has 17 heavy (non-hydrogen) atoms. The van der Waals surface area contributed by atoms with Gasteiger partial charge in [-0.05, 0) is 5.92 Å². The van der Waals surface area contributed by atoms with E-state index in [-0.39, 0.29) is 13.0 Å². The number of carbonyl (C=O) groups is 2. The fourth-order valence-electron chi connectivity index (χ4n) is 1.78. The third kappa shape index (κ3) is 3.59. The molecule has 0 aromatic carbocycles. The normalized spacial score (nSPS) is 25.7. The van der Waals surface area contributed by atoms with Gasteiger partial charge in [0.25, 0.3) is 0 Å². The van der Waals surface area contributed by atoms with Crippen LogP contribution in [0.4, 0.5) is 4.79 Å². The van der Waals surface area contributed by atoms with Gasteiger partial charge in [0.2, 0.25) is 0 Å². The zero-order valence-corrected chi connectivity index (χ0v) is 10.2. The van der Waals surface area contributed by atoms with Gasteiger partial charge in [0.1, 0.15) is 6.04 Å². The summed E-state index contributed by atoms with van der Waals surface area (Å²) in [5, 5.41) is 21.0. The molecule has 3 N–H and O–H groups in total. The Balaban J connectivity index is 2.52. The Labute approximate surface area is 101 Å². The largest absolute Gasteiger partial charge is 0.480 e. The number of rotatable bonds is 4. The minimum absolute atomic E-state index is 0.0866. The van der Waals surface area contributed by atoms with Crippen LogP contribution in [0, 0.1) is 5.92 Å². The van der Waals surface area contributed by atoms with E-state index in [9.17, 15) is 14.7 Å². The molecular formula is C11H20N2O4. The van der Waals surface area contributed by atoms with Crippen LogP contribution in [0.2, 0.25) is 0 Å². The number of likely N-dealkylation sites (tertiary alicyclic amines) is 1. The first-order valence-electron chi connectivity index (χ1n) is 5.91. The number of carboxylic acids is 1. The fraction of sp³-hybridized carbons (Fsp3) is 0.818. The first-order chi connectivity index (χ1) is 7.95. The average molecular weight is 244 g/mol. The molecule has 1 fully saturated rings. The molecule has 6 nitrogen and oxygen atoms in total. The van der Waals surface area contributed by atoms with E-state index in [1.807, 2.05) is 13.8 Å². The predicted molar refractivity (Wildman–Crippen MR) is 61.6 cm³/mol. The molecule has 1 saturated heterocycles. The Morgan fingerprint density at radius 3 is 2.71 bits per heavy atom. The van der Waals surface area contributed by atoms with Gasteiger partial charge < -0.3 is 20.4 Å². The van der Waals surface area contributed by atoms with Crippen molar-refractivity contribution in [2.45, 2.75) is 38.8 Å². The lowest BCUT2D eigenvalue weighted by Gasteiger charge is -2.22. The number of β-amino-alcohol motifs (C(OH)–C–C–N with tert-alkyl or cyclic N) is 1. The number of hydrogen-bond donors (Lipinski definition) is 3. The van der Waals surface area contributed by atoms with Gasteiger partial charge in [0.05, 0.1) is 6.10 Å². The third-order valence-electron chi connectivity index (χ3n) is 3.12. The van der Waals surface area contributed by atoms with Crippen LogP contribution in [-0.4, -0.2) is 52.3 Å². The predicted octanol–water partition coefficient (Wildman–Crippen LogP) is 0.262. The standard InChI is InChI=1S/C11H20N2O4/c1-3-7(2)5-12-11(17)13-6-8(14)4-9(13)10(15)16/h7-9,14H,3-6H2,1-2H3,(H,12,17)(H,15,16)/t7?,8-,9-/m0/s1. The van der Waals surface area contributed by atoms with Crippen LogP contribution in [0.25, 0.3) is 0 Å². The van der Waals surface area contributed by atoms with Gasteiger partial charge in [-0.25, -0.2) is 9.59 Å². The number of amides is 2. The molecule has 1 heterocycles. The van der Waals surface area contributed by atoms with E-state index in [0.717, 1.165) is 6.42 Å². The molecule has 0 aromatic rings. The number of aliphatic hydroxyl groups excluding tert-OH is 1. The molecule has 98 valence electrons. The first kappa shape index (κ1) is 13.8. The van der Waals surface area contributed by atoms with Gasteiger partial charge in [-0.3, -0.25) is 0 Å². The monoisotopic (exact) mass is 244 g/mol. The van der Waals surface area contributed by atoms with Crippen LogP contribution in [0.1, 0.15) is 26.7 Å². The highest BCUT2D eigenvalue weighted by atomic mass is 16.4. The van der Waals surface area contributed by atoms with E-state index in [1.165, 1.54) is 4.90 Å². The van der Waals surface area contributed by atoms with Gasteiger partial charge >= 0.3 is 12.0 Å². The van der Waals surface area contributed by atoms with Crippen molar-refractivity contribution in [2.75, 3.05) is 13.1 Å². The van der Waals surface area contributed by atoms with Crippen LogP contribution in [0.15, 0.2) is 0 Å². The van der Waals surface area contributed by atoms with Crippen LogP contribution in [0.3, 0.4) is 0 Å². The Hall–Kier alpha value is -1.30. The summed E-state index contributed by atoms with van der Waals surface area (Å²) in [7, 11) is 0. The van der Waals surface area contributed by atoms with Gasteiger partial charge in [0, 0.05) is 19.5 Å². The molecule has 1 unspecified atom stereocenters. The lowest BCUT2D eigenvalue weighted by Crippen LogP contribution is -2.47. The SMILES string of the molecule is CCC(C)CNC(=O)N1C[C@@H](O)C[C@H]1C(=O)O. The summed E-state index contributed by atoms with van der Waals surface area (Å²) in [4.78, 5) is 23.9. The van der Waals surface area contributed by atoms with Crippen molar-refractivity contribution in [1.29, 1.82) is 0 Å². The Kier molecular flexibility index (Phi) is 4.74. The molecule has 1 rings (SSSR count). The maximum Gasteiger partial charge on any atom is 0.326 e. The number of aliphatic hydroxyl groups is 1. The molecule has 1 aliphatic heterocycles. The smallest absolute Gasteiger partial charge is 0.326 e. The Morgan fingerprint density at radius 1 is 1.53 bits per heavy atom. The number of carbonyl (C=O) groups excluding carboxylic acids is 1. The molecule has 0 saturated carbocycles. The lowest BCUT2D eigenvalue weighted by molar-refractivity contribution is -0.141. The third-order valence-corrected chi connectivity index (χ3v) is 3.12. The minimum Gasteiger partial charge on any atom is -0.480 e. The average Bonchev–Trinajstić information content (AvgIpc) is 2.67. The van der Waals surface area contributed by atoms with Crippen molar-refractivity contribution in [3.8, 4) is 0 Å². The first-order valence-corrected chi connectivity index (χ1v) is 5.91. The summed E-state index contributed by atoms with van der Waals surface area (Å²) in [6.07, 6.45) is 0.308. The molecule has 3 atom stereocenters. The summed E-state index contributed by atoms with van der Waals surface area (Å²) in [6, 6.07) is -1.32. The summed E-state index contributed by atoms with van der Waals surface area (Å²) in [5.74, 6) is -0.713. The van der Waals surface area contributed by atoms with Gasteiger partial charge in [-0.2, -0.15) is 0 Å². The van der Waals surface area contributed by atoms with E-state index in [2.05, 4.69) is 5.32 Å². The second kappa shape index (κ2) is 5.86. The maximum atomic E-state index is 11.8. The van der Waals surface area contributed by atoms with Gasteiger partial charge in [-0.15, -0.1) is 0 Å². The highest BCUT2D eigenvalue weighted by molar-refractivity contribution is 5.83. The highest BCUT2D eigenvalue weighted by Gasteiger charge is 2.38. The number of aliphatic carboxylic acids is 1. The Bertz CT molecular complexity index is 295. The second-order valence-corrected chi connectivity index (χ2v) is 4.60. The molecule has 6 heteroatoms. The van der Waals surface area contributed by atoms with E-state index >= 15 is 0 Å². The van der Waals surface area contributed by atoms with Crippen molar-refractivity contribution in [1.82, 2.24) is 10.2 Å². The van der Waals surface area contributed by atoms with E-state index in [1.54, 1.807) is 0 Å². The van der Waals surface area contributed by atoms with E-state index in [0.29, 0.717) is 12.5 Å². The Morgan fingerprint density at radius 2 is 2.18 bits per heavy atom. The van der Waals surface area contributed by atoms with Crippen molar-refractivity contribution >= 4 is 12.0 Å². The molecule has 0 aromatic heterocycles. The molecule has 2 amide bonds. The summed E-state index contributed by atoms with van der Waals surface area (Å²) in [5.41, 5.74) is 0. The second-order valence-electron chi connectivity index (χ2n) is 4.60. The molecule has 0 radical (unpaired) electrons. The minimum atomic E-state index is -1.07. The molecule has 0 aliphatic carbocycles. The van der Waals surface area contributed by atoms with E-state index < -0.39 is 24.1 Å². The van der Waals surface area contributed by atoms with Crippen molar-refractivity contribution < 1.29 is 19.8 Å². The summed E-state index contributed by atoms with van der Waals surface area (Å²) < 4.78 is 0. The van der Waals surface area contributed by atoms with Crippen molar-refractivity contribution in [3.05, 3.63) is 0 Å². The van der Waals surface area contributed by atoms with Crippen molar-refractivity contribution in [3.63, 3.8) is 0 Å². The number of nitrogens with one attached hydrogen (secondary N) is 1. The van der Waals surface area contributed by atoms with Gasteiger partial charge in [0.15, 0.2) is 0 Å². The van der Waals surface area contributed by atoms with Crippen LogP contribution in [-0.2, 0) is 4.79 Å². The molecule has 0 spiro atoms. The van der Waals surface area contributed by atoms with Crippen LogP contribution in [0.5, 0.6) is 0 Å². The maximum absolute atomic E-state index is 11.8. The highest BCUT2D eigenvalue weighted by Crippen LogP contribution is 2.18. The number of carboxylic acid groups (broad SMARTS) is 1. The molecule has 1 aliphatic rings. The quantitative estimate of drug-likeness (QED) is 0.661. The van der Waals surface area contributed by atoms with Crippen molar-refractivity contribution in [2.24, 2.45) is 5.92 Å². The molecular weight excluding hydrogens is 224 g/mol. The summed E-state index contributed by atoms with van der Waals surface area (Å²) >= 11 is 0. The molecule has 0 bridgehead atoms. The zero-order chi connectivity index (χ0) is 13.0. The fourth-order valence-corrected chi connectivity index (χ4v) is 1.78. The summed E-state index contributed by atoms with van der Waals surface area (Å²) in [6.45, 7) is 4.64. The van der Waals surface area contributed by atoms with E-state index in [4.69, 9.17) is 5.11 Å². The lowest BCUT2D eigenvalue weighted by atomic mass is 10.1. The number of hydrogen-bond acceptors (Lipinski definition) is 3.